The highest BCUT2D eigenvalue weighted by atomic mass is 35.5. The second-order valence-electron chi connectivity index (χ2n) is 5.91. The molecule has 1 aliphatic rings. The van der Waals surface area contributed by atoms with Gasteiger partial charge in [0.05, 0.1) is 6.10 Å². The van der Waals surface area contributed by atoms with Gasteiger partial charge in [0.25, 0.3) is 0 Å². The number of ether oxygens (including phenoxy) is 1. The molecule has 0 spiro atoms. The molecule has 1 rings (SSSR count). The third-order valence-corrected chi connectivity index (χ3v) is 3.46. The average Bonchev–Trinajstić information content (AvgIpc) is 2.14. The van der Waals surface area contributed by atoms with Gasteiger partial charge in [-0.3, -0.25) is 0 Å². The van der Waals surface area contributed by atoms with Gasteiger partial charge in [-0.05, 0) is 43.9 Å². The molecule has 2 heteroatoms. The Morgan fingerprint density at radius 1 is 1.13 bits per heavy atom. The van der Waals surface area contributed by atoms with Gasteiger partial charge in [0.1, 0.15) is 0 Å². The summed E-state index contributed by atoms with van der Waals surface area (Å²) < 4.78 is 5.87. The van der Waals surface area contributed by atoms with E-state index in [2.05, 4.69) is 20.8 Å². The van der Waals surface area contributed by atoms with Crippen LogP contribution < -0.4 is 0 Å². The quantitative estimate of drug-likeness (QED) is 0.516. The lowest BCUT2D eigenvalue weighted by Crippen LogP contribution is -2.22. The van der Waals surface area contributed by atoms with Crippen molar-refractivity contribution >= 4 is 11.6 Å². The van der Waals surface area contributed by atoms with Gasteiger partial charge in [0.2, 0.25) is 0 Å². The second-order valence-corrected chi connectivity index (χ2v) is 6.53. The van der Waals surface area contributed by atoms with E-state index in [1.807, 2.05) is 0 Å². The Kier molecular flexibility index (Phi) is 5.42. The number of halogens is 1. The lowest BCUT2D eigenvalue weighted by molar-refractivity contribution is 0.0240. The van der Waals surface area contributed by atoms with Crippen molar-refractivity contribution in [2.45, 2.75) is 70.8 Å². The van der Waals surface area contributed by atoms with E-state index in [1.165, 1.54) is 12.8 Å². The summed E-state index contributed by atoms with van der Waals surface area (Å²) in [7, 11) is 0. The molecule has 0 heterocycles. The van der Waals surface area contributed by atoms with Gasteiger partial charge < -0.3 is 4.74 Å². The largest absolute Gasteiger partial charge is 0.378 e. The van der Waals surface area contributed by atoms with Gasteiger partial charge in [-0.25, -0.2) is 0 Å². The fraction of sp³-hybridized carbons (Fsp3) is 1.00. The van der Waals surface area contributed by atoms with Crippen molar-refractivity contribution in [1.82, 2.24) is 0 Å². The molecule has 0 radical (unpaired) electrons. The van der Waals surface area contributed by atoms with Crippen LogP contribution in [0, 0.1) is 5.41 Å². The van der Waals surface area contributed by atoms with Crippen molar-refractivity contribution in [1.29, 1.82) is 0 Å². The van der Waals surface area contributed by atoms with Crippen LogP contribution in [-0.2, 0) is 4.74 Å². The van der Waals surface area contributed by atoms with Gasteiger partial charge in [0.15, 0.2) is 0 Å². The monoisotopic (exact) mass is 232 g/mol. The number of rotatable bonds is 4. The minimum Gasteiger partial charge on any atom is -0.378 e. The first-order chi connectivity index (χ1) is 6.97. The van der Waals surface area contributed by atoms with E-state index in [0.717, 1.165) is 32.3 Å². The van der Waals surface area contributed by atoms with E-state index in [-0.39, 0.29) is 0 Å². The lowest BCUT2D eigenvalue weighted by atomic mass is 9.91. The smallest absolute Gasteiger partial charge is 0.0576 e. The topological polar surface area (TPSA) is 9.23 Å². The van der Waals surface area contributed by atoms with Gasteiger partial charge in [-0.15, -0.1) is 11.6 Å². The molecule has 0 aromatic carbocycles. The zero-order valence-electron chi connectivity index (χ0n) is 10.4. The van der Waals surface area contributed by atoms with E-state index in [4.69, 9.17) is 16.3 Å². The van der Waals surface area contributed by atoms with Crippen LogP contribution in [0.15, 0.2) is 0 Å². The van der Waals surface area contributed by atoms with Crippen molar-refractivity contribution < 1.29 is 4.74 Å². The van der Waals surface area contributed by atoms with Crippen LogP contribution >= 0.6 is 11.6 Å². The molecule has 1 nitrogen and oxygen atoms in total. The molecular formula is C13H25ClO. The maximum Gasteiger partial charge on any atom is 0.0576 e. The highest BCUT2D eigenvalue weighted by Gasteiger charge is 2.19. The summed E-state index contributed by atoms with van der Waals surface area (Å²) in [6.07, 6.45) is 7.49. The van der Waals surface area contributed by atoms with Crippen LogP contribution in [0.5, 0.6) is 0 Å². The van der Waals surface area contributed by atoms with Crippen molar-refractivity contribution in [2.24, 2.45) is 5.41 Å². The van der Waals surface area contributed by atoms with E-state index >= 15 is 0 Å². The summed E-state index contributed by atoms with van der Waals surface area (Å²) in [5, 5.41) is 0.402. The molecule has 0 N–H and O–H groups in total. The normalized spacial score (nSPS) is 28.0. The summed E-state index contributed by atoms with van der Waals surface area (Å²) in [5.41, 5.74) is 0.442. The van der Waals surface area contributed by atoms with E-state index in [9.17, 15) is 0 Å². The second kappa shape index (κ2) is 6.10. The predicted octanol–water partition coefficient (Wildman–Crippen LogP) is 4.38. The molecule has 0 atom stereocenters. The first kappa shape index (κ1) is 13.3. The third kappa shape index (κ3) is 6.42. The standard InChI is InChI=1S/C13H25ClO/c1-13(2,3)9-4-10-15-12-7-5-11(14)6-8-12/h11-12H,4-10H2,1-3H3. The fourth-order valence-corrected chi connectivity index (χ4v) is 2.29. The first-order valence-corrected chi connectivity index (χ1v) is 6.67. The van der Waals surface area contributed by atoms with Gasteiger partial charge >= 0.3 is 0 Å². The molecule has 0 saturated heterocycles. The molecule has 1 aliphatic carbocycles. The third-order valence-electron chi connectivity index (χ3n) is 3.03. The number of alkyl halides is 1. The molecule has 15 heavy (non-hydrogen) atoms. The van der Waals surface area contributed by atoms with E-state index in [1.54, 1.807) is 0 Å². The Morgan fingerprint density at radius 2 is 1.73 bits per heavy atom. The van der Waals surface area contributed by atoms with Crippen LogP contribution in [-0.4, -0.2) is 18.1 Å². The van der Waals surface area contributed by atoms with Crippen LogP contribution in [0.4, 0.5) is 0 Å². The SMILES string of the molecule is CC(C)(C)CCCOC1CCC(Cl)CC1. The maximum atomic E-state index is 6.05. The molecule has 0 aromatic rings. The van der Waals surface area contributed by atoms with Gasteiger partial charge in [-0.1, -0.05) is 20.8 Å². The highest BCUT2D eigenvalue weighted by Crippen LogP contribution is 2.26. The summed E-state index contributed by atoms with van der Waals surface area (Å²) in [6, 6.07) is 0. The average molecular weight is 233 g/mol. The Bertz CT molecular complexity index is 166. The summed E-state index contributed by atoms with van der Waals surface area (Å²) in [5.74, 6) is 0. The molecular weight excluding hydrogens is 208 g/mol. The van der Waals surface area contributed by atoms with Gasteiger partial charge in [-0.2, -0.15) is 0 Å². The molecule has 0 unspecified atom stereocenters. The van der Waals surface area contributed by atoms with Crippen LogP contribution in [0.3, 0.4) is 0 Å². The maximum absolute atomic E-state index is 6.05. The molecule has 1 saturated carbocycles. The van der Waals surface area contributed by atoms with Crippen molar-refractivity contribution in [3.05, 3.63) is 0 Å². The predicted molar refractivity (Wildman–Crippen MR) is 66.5 cm³/mol. The Morgan fingerprint density at radius 3 is 2.27 bits per heavy atom. The molecule has 0 amide bonds. The first-order valence-electron chi connectivity index (χ1n) is 6.23. The van der Waals surface area contributed by atoms with E-state index < -0.39 is 0 Å². The zero-order chi connectivity index (χ0) is 11.3. The van der Waals surface area contributed by atoms with Crippen LogP contribution in [0.2, 0.25) is 0 Å². The minimum atomic E-state index is 0.402. The molecule has 0 aliphatic heterocycles. The van der Waals surface area contributed by atoms with Crippen LogP contribution in [0.25, 0.3) is 0 Å². The highest BCUT2D eigenvalue weighted by molar-refractivity contribution is 6.20. The summed E-state index contributed by atoms with van der Waals surface area (Å²) in [6.45, 7) is 7.78. The fourth-order valence-electron chi connectivity index (χ4n) is 2.04. The Labute approximate surface area is 99.5 Å². The van der Waals surface area contributed by atoms with Gasteiger partial charge in [0, 0.05) is 12.0 Å². The molecule has 90 valence electrons. The molecule has 0 aromatic heterocycles. The van der Waals surface area contributed by atoms with Crippen molar-refractivity contribution in [3.63, 3.8) is 0 Å². The minimum absolute atomic E-state index is 0.402. The lowest BCUT2D eigenvalue weighted by Gasteiger charge is -2.25. The molecule has 1 fully saturated rings. The Balaban J connectivity index is 2.01. The van der Waals surface area contributed by atoms with Crippen LogP contribution in [0.1, 0.15) is 59.3 Å². The zero-order valence-corrected chi connectivity index (χ0v) is 11.1. The Hall–Kier alpha value is 0.250. The summed E-state index contributed by atoms with van der Waals surface area (Å²) in [4.78, 5) is 0. The number of hydrogen-bond acceptors (Lipinski definition) is 1. The molecule has 0 bridgehead atoms. The van der Waals surface area contributed by atoms with E-state index in [0.29, 0.717) is 16.9 Å². The van der Waals surface area contributed by atoms with Crippen molar-refractivity contribution in [2.75, 3.05) is 6.61 Å². The summed E-state index contributed by atoms with van der Waals surface area (Å²) >= 11 is 6.05. The number of hydrogen-bond donors (Lipinski definition) is 0. The van der Waals surface area contributed by atoms with Crippen molar-refractivity contribution in [3.8, 4) is 0 Å².